The van der Waals surface area contributed by atoms with Crippen LogP contribution in [-0.2, 0) is 6.61 Å². The quantitative estimate of drug-likeness (QED) is 0.566. The summed E-state index contributed by atoms with van der Waals surface area (Å²) in [6, 6.07) is 9.14. The third-order valence-electron chi connectivity index (χ3n) is 4.64. The van der Waals surface area contributed by atoms with E-state index in [4.69, 9.17) is 9.26 Å². The van der Waals surface area contributed by atoms with Crippen molar-refractivity contribution in [2.75, 3.05) is 13.1 Å². The van der Waals surface area contributed by atoms with Gasteiger partial charge in [-0.25, -0.2) is 9.67 Å². The van der Waals surface area contributed by atoms with Gasteiger partial charge < -0.3 is 14.2 Å². The standard InChI is InChI=1S/C20H23N5O3/c1-2-9-24(11-15-3-4-15)20(26)19-10-18(28-23-19)12-27-17-7-5-16(6-8-17)25-14-21-13-22-25/h5-8,10,13-15H,2-4,9,11-12H2,1H3. The number of hydrogen-bond acceptors (Lipinski definition) is 6. The Kier molecular flexibility index (Phi) is 5.36. The molecule has 0 aliphatic heterocycles. The highest BCUT2D eigenvalue weighted by Gasteiger charge is 2.28. The van der Waals surface area contributed by atoms with Gasteiger partial charge in [-0.3, -0.25) is 4.79 Å². The summed E-state index contributed by atoms with van der Waals surface area (Å²) in [7, 11) is 0. The lowest BCUT2D eigenvalue weighted by atomic mass is 10.2. The fourth-order valence-corrected chi connectivity index (χ4v) is 2.99. The second kappa shape index (κ2) is 8.24. The largest absolute Gasteiger partial charge is 0.486 e. The Morgan fingerprint density at radius 1 is 1.32 bits per heavy atom. The van der Waals surface area contributed by atoms with Crippen LogP contribution in [0.5, 0.6) is 5.75 Å². The Labute approximate surface area is 163 Å². The molecule has 3 aromatic rings. The lowest BCUT2D eigenvalue weighted by Gasteiger charge is -2.20. The fourth-order valence-electron chi connectivity index (χ4n) is 2.99. The molecule has 0 unspecified atom stereocenters. The summed E-state index contributed by atoms with van der Waals surface area (Å²) in [5, 5.41) is 8.03. The molecule has 1 aliphatic rings. The van der Waals surface area contributed by atoms with Gasteiger partial charge in [0.1, 0.15) is 25.0 Å². The highest BCUT2D eigenvalue weighted by atomic mass is 16.5. The second-order valence-electron chi connectivity index (χ2n) is 7.00. The van der Waals surface area contributed by atoms with Crippen LogP contribution in [0.4, 0.5) is 0 Å². The summed E-state index contributed by atoms with van der Waals surface area (Å²) in [4.78, 5) is 18.5. The Bertz CT molecular complexity index is 900. The minimum atomic E-state index is -0.0686. The van der Waals surface area contributed by atoms with E-state index < -0.39 is 0 Å². The first-order chi connectivity index (χ1) is 13.7. The van der Waals surface area contributed by atoms with Crippen LogP contribution < -0.4 is 4.74 Å². The summed E-state index contributed by atoms with van der Waals surface area (Å²) < 4.78 is 12.7. The Morgan fingerprint density at radius 2 is 2.14 bits per heavy atom. The zero-order valence-electron chi connectivity index (χ0n) is 15.8. The lowest BCUT2D eigenvalue weighted by Crippen LogP contribution is -2.33. The fraction of sp³-hybridized carbons (Fsp3) is 0.400. The first kappa shape index (κ1) is 18.2. The molecule has 2 aromatic heterocycles. The van der Waals surface area contributed by atoms with Crippen LogP contribution in [0.3, 0.4) is 0 Å². The van der Waals surface area contributed by atoms with Crippen molar-refractivity contribution in [3.05, 3.63) is 54.4 Å². The molecule has 1 amide bonds. The zero-order valence-corrected chi connectivity index (χ0v) is 15.8. The molecular weight excluding hydrogens is 358 g/mol. The van der Waals surface area contributed by atoms with Crippen molar-refractivity contribution in [2.24, 2.45) is 5.92 Å². The maximum absolute atomic E-state index is 12.7. The zero-order chi connectivity index (χ0) is 19.3. The summed E-state index contributed by atoms with van der Waals surface area (Å²) in [6.45, 7) is 3.83. The maximum atomic E-state index is 12.7. The van der Waals surface area contributed by atoms with Gasteiger partial charge in [0.25, 0.3) is 5.91 Å². The van der Waals surface area contributed by atoms with Crippen molar-refractivity contribution in [1.82, 2.24) is 24.8 Å². The summed E-state index contributed by atoms with van der Waals surface area (Å²) in [6.07, 6.45) is 6.46. The molecule has 1 aromatic carbocycles. The molecule has 146 valence electrons. The van der Waals surface area contributed by atoms with Gasteiger partial charge in [-0.15, -0.1) is 0 Å². The van der Waals surface area contributed by atoms with Crippen LogP contribution in [0.25, 0.3) is 5.69 Å². The van der Waals surface area contributed by atoms with Crippen molar-refractivity contribution >= 4 is 5.91 Å². The first-order valence-electron chi connectivity index (χ1n) is 9.55. The van der Waals surface area contributed by atoms with E-state index in [-0.39, 0.29) is 12.5 Å². The van der Waals surface area contributed by atoms with E-state index in [0.29, 0.717) is 23.1 Å². The van der Waals surface area contributed by atoms with E-state index in [1.54, 1.807) is 17.1 Å². The third-order valence-corrected chi connectivity index (χ3v) is 4.64. The molecular formula is C20H23N5O3. The Hall–Kier alpha value is -3.16. The first-order valence-corrected chi connectivity index (χ1v) is 9.55. The topological polar surface area (TPSA) is 86.3 Å². The minimum Gasteiger partial charge on any atom is -0.486 e. The van der Waals surface area contributed by atoms with Gasteiger partial charge in [0.05, 0.1) is 5.69 Å². The molecule has 1 saturated carbocycles. The number of aromatic nitrogens is 4. The van der Waals surface area contributed by atoms with Gasteiger partial charge in [-0.2, -0.15) is 5.10 Å². The van der Waals surface area contributed by atoms with Crippen LogP contribution in [0, 0.1) is 5.92 Å². The van der Waals surface area contributed by atoms with Crippen LogP contribution in [0.2, 0.25) is 0 Å². The predicted molar refractivity (Wildman–Crippen MR) is 101 cm³/mol. The molecule has 0 spiro atoms. The summed E-state index contributed by atoms with van der Waals surface area (Å²) in [5.41, 5.74) is 1.23. The Balaban J connectivity index is 1.34. The van der Waals surface area contributed by atoms with Gasteiger partial charge in [0.15, 0.2) is 11.5 Å². The van der Waals surface area contributed by atoms with Crippen LogP contribution >= 0.6 is 0 Å². The molecule has 28 heavy (non-hydrogen) atoms. The second-order valence-corrected chi connectivity index (χ2v) is 7.00. The van der Waals surface area contributed by atoms with E-state index in [9.17, 15) is 4.79 Å². The monoisotopic (exact) mass is 381 g/mol. The molecule has 0 saturated heterocycles. The molecule has 8 heteroatoms. The molecule has 8 nitrogen and oxygen atoms in total. The van der Waals surface area contributed by atoms with Crippen LogP contribution in [0.15, 0.2) is 47.5 Å². The van der Waals surface area contributed by atoms with Gasteiger partial charge in [-0.1, -0.05) is 12.1 Å². The van der Waals surface area contributed by atoms with Crippen LogP contribution in [-0.4, -0.2) is 43.8 Å². The van der Waals surface area contributed by atoms with Gasteiger partial charge >= 0.3 is 0 Å². The van der Waals surface area contributed by atoms with Gasteiger partial charge in [0, 0.05) is 19.2 Å². The molecule has 1 aliphatic carbocycles. The highest BCUT2D eigenvalue weighted by Crippen LogP contribution is 2.30. The van der Waals surface area contributed by atoms with E-state index in [1.165, 1.54) is 19.2 Å². The Morgan fingerprint density at radius 3 is 2.82 bits per heavy atom. The molecule has 2 heterocycles. The third kappa shape index (κ3) is 4.39. The van der Waals surface area contributed by atoms with Crippen LogP contribution in [0.1, 0.15) is 42.4 Å². The summed E-state index contributed by atoms with van der Waals surface area (Å²) in [5.74, 6) is 1.78. The number of carbonyl (C=O) groups is 1. The van der Waals surface area contributed by atoms with Crippen molar-refractivity contribution in [3.63, 3.8) is 0 Å². The van der Waals surface area contributed by atoms with E-state index in [1.807, 2.05) is 29.2 Å². The van der Waals surface area contributed by atoms with Crippen molar-refractivity contribution in [3.8, 4) is 11.4 Å². The average molecular weight is 381 g/mol. The number of hydrogen-bond donors (Lipinski definition) is 0. The van der Waals surface area contributed by atoms with Gasteiger partial charge in [0.2, 0.25) is 0 Å². The number of nitrogens with zero attached hydrogens (tertiary/aromatic N) is 5. The molecule has 0 N–H and O–H groups in total. The minimum absolute atomic E-state index is 0.0686. The maximum Gasteiger partial charge on any atom is 0.276 e. The molecule has 0 radical (unpaired) electrons. The number of amides is 1. The highest BCUT2D eigenvalue weighted by molar-refractivity contribution is 5.92. The smallest absolute Gasteiger partial charge is 0.276 e. The average Bonchev–Trinajstić information content (AvgIpc) is 3.19. The van der Waals surface area contributed by atoms with Gasteiger partial charge in [-0.05, 0) is 49.4 Å². The number of ether oxygens (including phenoxy) is 1. The van der Waals surface area contributed by atoms with E-state index in [2.05, 4.69) is 22.2 Å². The normalized spacial score (nSPS) is 13.5. The van der Waals surface area contributed by atoms with E-state index >= 15 is 0 Å². The summed E-state index contributed by atoms with van der Waals surface area (Å²) >= 11 is 0. The number of benzene rings is 1. The molecule has 4 rings (SSSR count). The SMILES string of the molecule is CCCN(CC1CC1)C(=O)c1cc(COc2ccc(-n3cncn3)cc2)on1. The van der Waals surface area contributed by atoms with Crippen molar-refractivity contribution < 1.29 is 14.1 Å². The lowest BCUT2D eigenvalue weighted by molar-refractivity contribution is 0.0737. The van der Waals surface area contributed by atoms with Crippen molar-refractivity contribution in [1.29, 1.82) is 0 Å². The van der Waals surface area contributed by atoms with E-state index in [0.717, 1.165) is 25.2 Å². The molecule has 0 bridgehead atoms. The molecule has 0 atom stereocenters. The molecule has 1 fully saturated rings. The van der Waals surface area contributed by atoms with Crippen molar-refractivity contribution in [2.45, 2.75) is 32.8 Å². The number of carbonyl (C=O) groups excluding carboxylic acids is 1. The predicted octanol–water partition coefficient (Wildman–Crippen LogP) is 3.10. The number of rotatable bonds is 9.